The molecule has 3 heterocycles. The maximum Gasteiger partial charge on any atom is 0.0862 e. The van der Waals surface area contributed by atoms with Crippen LogP contribution in [-0.2, 0) is 19.5 Å². The van der Waals surface area contributed by atoms with Gasteiger partial charge in [-0.2, -0.15) is 5.10 Å². The molecule has 0 amide bonds. The second-order valence-electron chi connectivity index (χ2n) is 6.42. The van der Waals surface area contributed by atoms with E-state index in [-0.39, 0.29) is 0 Å². The van der Waals surface area contributed by atoms with Gasteiger partial charge in [0.05, 0.1) is 24.5 Å². The molecule has 0 bridgehead atoms. The maximum absolute atomic E-state index is 10.4. The molecular formula is C19H22N4O. The van der Waals surface area contributed by atoms with Gasteiger partial charge in [0, 0.05) is 38.2 Å². The molecule has 0 spiro atoms. The fraction of sp³-hybridized carbons (Fsp3) is 0.316. The smallest absolute Gasteiger partial charge is 0.0862 e. The third-order valence-electron chi connectivity index (χ3n) is 4.60. The van der Waals surface area contributed by atoms with Gasteiger partial charge in [0.2, 0.25) is 0 Å². The van der Waals surface area contributed by atoms with E-state index in [4.69, 9.17) is 0 Å². The van der Waals surface area contributed by atoms with Crippen molar-refractivity contribution in [2.24, 2.45) is 0 Å². The number of rotatable bonds is 5. The number of hydrogen-bond donors (Lipinski definition) is 1. The van der Waals surface area contributed by atoms with Crippen molar-refractivity contribution in [2.45, 2.75) is 25.6 Å². The average molecular weight is 322 g/mol. The minimum Gasteiger partial charge on any atom is -0.390 e. The van der Waals surface area contributed by atoms with Crippen LogP contribution < -0.4 is 0 Å². The Morgan fingerprint density at radius 2 is 1.83 bits per heavy atom. The highest BCUT2D eigenvalue weighted by Gasteiger charge is 2.18. The number of aromatic nitrogens is 3. The van der Waals surface area contributed by atoms with Gasteiger partial charge in [0.15, 0.2) is 0 Å². The highest BCUT2D eigenvalue weighted by molar-refractivity contribution is 5.29. The zero-order chi connectivity index (χ0) is 16.4. The molecule has 1 aliphatic heterocycles. The van der Waals surface area contributed by atoms with Crippen molar-refractivity contribution in [2.75, 3.05) is 13.1 Å². The van der Waals surface area contributed by atoms with Crippen LogP contribution >= 0.6 is 0 Å². The molecule has 0 aliphatic carbocycles. The van der Waals surface area contributed by atoms with Gasteiger partial charge < -0.3 is 9.67 Å². The predicted octanol–water partition coefficient (Wildman–Crippen LogP) is 2.09. The molecule has 1 atom stereocenters. The standard InChI is InChI=1S/C19H22N4O/c24-19(14-21-10-7-16-5-1-2-6-17(16)12-21)15-23-13-18(11-20-23)22-8-3-4-9-22/h1-6,8-9,11,13,19,24H,7,10,12,14-15H2/t19-/m1/s1. The summed E-state index contributed by atoms with van der Waals surface area (Å²) >= 11 is 0. The number of nitrogens with zero attached hydrogens (tertiary/aromatic N) is 4. The lowest BCUT2D eigenvalue weighted by Gasteiger charge is -2.30. The summed E-state index contributed by atoms with van der Waals surface area (Å²) in [6.07, 6.45) is 8.40. The molecular weight excluding hydrogens is 300 g/mol. The van der Waals surface area contributed by atoms with Crippen molar-refractivity contribution in [3.8, 4) is 5.69 Å². The summed E-state index contributed by atoms with van der Waals surface area (Å²) in [6, 6.07) is 12.6. The first-order chi connectivity index (χ1) is 11.8. The molecule has 0 saturated heterocycles. The van der Waals surface area contributed by atoms with Crippen molar-refractivity contribution in [3.05, 3.63) is 72.3 Å². The van der Waals surface area contributed by atoms with Crippen molar-refractivity contribution in [1.82, 2.24) is 19.2 Å². The molecule has 124 valence electrons. The van der Waals surface area contributed by atoms with Crippen LogP contribution in [0.5, 0.6) is 0 Å². The van der Waals surface area contributed by atoms with E-state index in [0.29, 0.717) is 13.1 Å². The molecule has 2 aromatic heterocycles. The van der Waals surface area contributed by atoms with Crippen molar-refractivity contribution < 1.29 is 5.11 Å². The molecule has 0 fully saturated rings. The van der Waals surface area contributed by atoms with Gasteiger partial charge in [-0.15, -0.1) is 0 Å². The second kappa shape index (κ2) is 6.63. The number of aliphatic hydroxyl groups is 1. The Hall–Kier alpha value is -2.37. The lowest BCUT2D eigenvalue weighted by Crippen LogP contribution is -2.38. The van der Waals surface area contributed by atoms with Crippen LogP contribution in [0.4, 0.5) is 0 Å². The van der Waals surface area contributed by atoms with E-state index in [9.17, 15) is 5.11 Å². The molecule has 5 nitrogen and oxygen atoms in total. The van der Waals surface area contributed by atoms with Gasteiger partial charge in [-0.05, 0) is 29.7 Å². The number of aliphatic hydroxyl groups excluding tert-OH is 1. The van der Waals surface area contributed by atoms with Gasteiger partial charge >= 0.3 is 0 Å². The summed E-state index contributed by atoms with van der Waals surface area (Å²) in [5.74, 6) is 0. The van der Waals surface area contributed by atoms with Crippen LogP contribution in [0.3, 0.4) is 0 Å². The Morgan fingerprint density at radius 1 is 1.04 bits per heavy atom. The van der Waals surface area contributed by atoms with E-state index in [1.54, 1.807) is 0 Å². The van der Waals surface area contributed by atoms with Gasteiger partial charge in [0.1, 0.15) is 0 Å². The zero-order valence-corrected chi connectivity index (χ0v) is 13.6. The summed E-state index contributed by atoms with van der Waals surface area (Å²) < 4.78 is 3.83. The second-order valence-corrected chi connectivity index (χ2v) is 6.42. The molecule has 4 rings (SSSR count). The molecule has 24 heavy (non-hydrogen) atoms. The van der Waals surface area contributed by atoms with Crippen molar-refractivity contribution >= 4 is 0 Å². The van der Waals surface area contributed by atoms with Crippen molar-refractivity contribution in [1.29, 1.82) is 0 Å². The molecule has 1 aromatic carbocycles. The van der Waals surface area contributed by atoms with E-state index < -0.39 is 6.10 Å². The molecule has 0 radical (unpaired) electrons. The normalized spacial score (nSPS) is 16.0. The summed E-state index contributed by atoms with van der Waals surface area (Å²) in [5, 5.41) is 14.8. The lowest BCUT2D eigenvalue weighted by molar-refractivity contribution is 0.0889. The monoisotopic (exact) mass is 322 g/mol. The first-order valence-corrected chi connectivity index (χ1v) is 8.41. The third kappa shape index (κ3) is 3.27. The van der Waals surface area contributed by atoms with Crippen LogP contribution in [0.15, 0.2) is 61.2 Å². The Kier molecular flexibility index (Phi) is 4.19. The molecule has 3 aromatic rings. The number of hydrogen-bond acceptors (Lipinski definition) is 3. The number of β-amino-alcohol motifs (C(OH)–C–C–N with tert-alkyl or cyclic N) is 1. The van der Waals surface area contributed by atoms with Crippen LogP contribution in [0.25, 0.3) is 5.69 Å². The Labute approximate surface area is 141 Å². The summed E-state index contributed by atoms with van der Waals surface area (Å²) in [5.41, 5.74) is 3.83. The number of benzene rings is 1. The highest BCUT2D eigenvalue weighted by Crippen LogP contribution is 2.18. The molecule has 5 heteroatoms. The fourth-order valence-corrected chi connectivity index (χ4v) is 3.37. The highest BCUT2D eigenvalue weighted by atomic mass is 16.3. The molecule has 1 N–H and O–H groups in total. The van der Waals surface area contributed by atoms with Crippen LogP contribution in [0.2, 0.25) is 0 Å². The first-order valence-electron chi connectivity index (χ1n) is 8.41. The quantitative estimate of drug-likeness (QED) is 0.782. The Balaban J connectivity index is 1.35. The number of fused-ring (bicyclic) bond motifs is 1. The van der Waals surface area contributed by atoms with Gasteiger partial charge in [-0.3, -0.25) is 9.58 Å². The summed E-state index contributed by atoms with van der Waals surface area (Å²) in [7, 11) is 0. The Morgan fingerprint density at radius 3 is 2.67 bits per heavy atom. The third-order valence-corrected chi connectivity index (χ3v) is 4.60. The summed E-state index contributed by atoms with van der Waals surface area (Å²) in [6.45, 7) is 3.11. The maximum atomic E-state index is 10.4. The van der Waals surface area contributed by atoms with Gasteiger partial charge in [-0.25, -0.2) is 0 Å². The Bertz CT molecular complexity index is 793. The molecule has 0 saturated carbocycles. The first kappa shape index (κ1) is 15.2. The van der Waals surface area contributed by atoms with Crippen LogP contribution in [0.1, 0.15) is 11.1 Å². The van der Waals surface area contributed by atoms with E-state index in [1.807, 2.05) is 46.2 Å². The van der Waals surface area contributed by atoms with E-state index in [1.165, 1.54) is 11.1 Å². The predicted molar refractivity (Wildman–Crippen MR) is 93.0 cm³/mol. The topological polar surface area (TPSA) is 46.2 Å². The van der Waals surface area contributed by atoms with E-state index >= 15 is 0 Å². The molecule has 0 unspecified atom stereocenters. The lowest BCUT2D eigenvalue weighted by atomic mass is 10.00. The van der Waals surface area contributed by atoms with Crippen LogP contribution in [0, 0.1) is 0 Å². The van der Waals surface area contributed by atoms with Crippen molar-refractivity contribution in [3.63, 3.8) is 0 Å². The van der Waals surface area contributed by atoms with Crippen LogP contribution in [-0.4, -0.2) is 43.5 Å². The van der Waals surface area contributed by atoms with E-state index in [0.717, 1.165) is 25.2 Å². The van der Waals surface area contributed by atoms with Gasteiger partial charge in [0.25, 0.3) is 0 Å². The fourth-order valence-electron chi connectivity index (χ4n) is 3.37. The average Bonchev–Trinajstić information content (AvgIpc) is 3.26. The molecule has 1 aliphatic rings. The zero-order valence-electron chi connectivity index (χ0n) is 13.6. The minimum atomic E-state index is -0.423. The largest absolute Gasteiger partial charge is 0.390 e. The van der Waals surface area contributed by atoms with E-state index in [2.05, 4.69) is 34.3 Å². The minimum absolute atomic E-state index is 0.423. The van der Waals surface area contributed by atoms with Gasteiger partial charge in [-0.1, -0.05) is 24.3 Å². The SMILES string of the molecule is O[C@H](CN1CCc2ccccc2C1)Cn1cc(-n2cccc2)cn1. The summed E-state index contributed by atoms with van der Waals surface area (Å²) in [4.78, 5) is 2.32.